The number of alkyl halides is 3. The van der Waals surface area contributed by atoms with Gasteiger partial charge in [-0.1, -0.05) is 88.7 Å². The number of rotatable bonds is 12. The molecule has 4 aromatic rings. The van der Waals surface area contributed by atoms with Crippen LogP contribution in [0, 0.1) is 0 Å². The molecule has 0 fully saturated rings. The second-order valence-electron chi connectivity index (χ2n) is 10.7. The lowest BCUT2D eigenvalue weighted by molar-refractivity contribution is -0.137. The Morgan fingerprint density at radius 2 is 1.67 bits per heavy atom. The van der Waals surface area contributed by atoms with Gasteiger partial charge in [0.05, 0.1) is 12.2 Å². The highest BCUT2D eigenvalue weighted by Gasteiger charge is 2.53. The third-order valence-electron chi connectivity index (χ3n) is 7.49. The molecular formula is C36H32BrF3N2O4. The maximum atomic E-state index is 14.3. The van der Waals surface area contributed by atoms with E-state index in [0.29, 0.717) is 35.5 Å². The van der Waals surface area contributed by atoms with Gasteiger partial charge in [-0.3, -0.25) is 4.79 Å². The van der Waals surface area contributed by atoms with Crippen LogP contribution >= 0.6 is 15.9 Å². The Labute approximate surface area is 273 Å². The molecule has 5 rings (SSSR count). The Balaban J connectivity index is 1.51. The van der Waals surface area contributed by atoms with Gasteiger partial charge < -0.3 is 19.9 Å². The highest BCUT2D eigenvalue weighted by atomic mass is 79.9. The minimum atomic E-state index is -4.46. The average molecular weight is 694 g/mol. The lowest BCUT2D eigenvalue weighted by Gasteiger charge is -2.30. The number of aliphatic hydroxyl groups is 1. The van der Waals surface area contributed by atoms with Crippen LogP contribution in [0.4, 0.5) is 13.2 Å². The molecule has 2 N–H and O–H groups in total. The standard InChI is InChI=1S/C36H32BrF3N2O4/c37-31-12-5-4-11-30(31)32-35(21-6-10-25-8-2-1-3-9-25,34(44)41-24-26-13-17-28(18-14-26)36(38,39)40)42-33(46-32)27-15-19-29(20-16-27)45-23-7-22-43/h1-6,8-20,32,43H,7,21-24H2,(H,41,44)/b10-6+/t32-,35-/m1/s1. The predicted octanol–water partition coefficient (Wildman–Crippen LogP) is 7.91. The number of nitrogens with zero attached hydrogens (tertiary/aromatic N) is 1. The Hall–Kier alpha value is -4.41. The van der Waals surface area contributed by atoms with Gasteiger partial charge >= 0.3 is 6.18 Å². The summed E-state index contributed by atoms with van der Waals surface area (Å²) in [5.74, 6) is 0.440. The van der Waals surface area contributed by atoms with Crippen molar-refractivity contribution in [2.45, 2.75) is 37.2 Å². The highest BCUT2D eigenvalue weighted by Crippen LogP contribution is 2.45. The molecule has 0 aromatic heterocycles. The van der Waals surface area contributed by atoms with Crippen LogP contribution in [0.5, 0.6) is 5.75 Å². The van der Waals surface area contributed by atoms with Crippen LogP contribution in [-0.4, -0.2) is 35.7 Å². The number of carbonyl (C=O) groups is 1. The van der Waals surface area contributed by atoms with Gasteiger partial charge in [0.1, 0.15) is 5.75 Å². The summed E-state index contributed by atoms with van der Waals surface area (Å²) in [4.78, 5) is 19.3. The Bertz CT molecular complexity index is 1680. The smallest absolute Gasteiger partial charge is 0.416 e. The molecule has 0 saturated heterocycles. The van der Waals surface area contributed by atoms with E-state index < -0.39 is 29.3 Å². The predicted molar refractivity (Wildman–Crippen MR) is 174 cm³/mol. The van der Waals surface area contributed by atoms with Crippen molar-refractivity contribution in [3.8, 4) is 5.75 Å². The highest BCUT2D eigenvalue weighted by molar-refractivity contribution is 9.10. The van der Waals surface area contributed by atoms with Crippen molar-refractivity contribution < 1.29 is 32.5 Å². The Morgan fingerprint density at radius 3 is 2.35 bits per heavy atom. The van der Waals surface area contributed by atoms with Crippen LogP contribution < -0.4 is 10.1 Å². The number of benzene rings is 4. The molecule has 4 aromatic carbocycles. The van der Waals surface area contributed by atoms with E-state index in [1.165, 1.54) is 12.1 Å². The minimum absolute atomic E-state index is 0.00543. The van der Waals surface area contributed by atoms with Gasteiger partial charge in [0.2, 0.25) is 5.90 Å². The number of nitrogens with one attached hydrogen (secondary N) is 1. The van der Waals surface area contributed by atoms with Crippen LogP contribution in [-0.2, 0) is 22.3 Å². The molecule has 1 heterocycles. The van der Waals surface area contributed by atoms with Crippen molar-refractivity contribution in [1.29, 1.82) is 0 Å². The van der Waals surface area contributed by atoms with Gasteiger partial charge in [-0.05, 0) is 53.6 Å². The monoisotopic (exact) mass is 692 g/mol. The third kappa shape index (κ3) is 7.86. The average Bonchev–Trinajstić information content (AvgIpc) is 3.45. The summed E-state index contributed by atoms with van der Waals surface area (Å²) in [6, 6.07) is 28.9. The summed E-state index contributed by atoms with van der Waals surface area (Å²) in [6.45, 7) is 0.392. The van der Waals surface area contributed by atoms with Crippen molar-refractivity contribution >= 4 is 33.8 Å². The molecule has 10 heteroatoms. The fraction of sp³-hybridized carbons (Fsp3) is 0.222. The maximum Gasteiger partial charge on any atom is 0.416 e. The molecule has 0 spiro atoms. The first-order valence-electron chi connectivity index (χ1n) is 14.7. The van der Waals surface area contributed by atoms with Crippen molar-refractivity contribution in [2.75, 3.05) is 13.2 Å². The van der Waals surface area contributed by atoms with Crippen LogP contribution in [0.3, 0.4) is 0 Å². The molecular weight excluding hydrogens is 661 g/mol. The third-order valence-corrected chi connectivity index (χ3v) is 8.21. The van der Waals surface area contributed by atoms with Gasteiger partial charge in [-0.2, -0.15) is 13.2 Å². The zero-order valence-electron chi connectivity index (χ0n) is 24.7. The fourth-order valence-corrected chi connectivity index (χ4v) is 5.56. The zero-order valence-corrected chi connectivity index (χ0v) is 26.3. The van der Waals surface area contributed by atoms with Gasteiger partial charge in [-0.15, -0.1) is 0 Å². The summed E-state index contributed by atoms with van der Waals surface area (Å²) >= 11 is 3.62. The number of amides is 1. The largest absolute Gasteiger partial charge is 0.494 e. The molecule has 0 radical (unpaired) electrons. The van der Waals surface area contributed by atoms with Gasteiger partial charge in [-0.25, -0.2) is 4.99 Å². The van der Waals surface area contributed by atoms with E-state index in [4.69, 9.17) is 19.6 Å². The van der Waals surface area contributed by atoms with Crippen LogP contribution in [0.25, 0.3) is 6.08 Å². The number of halogens is 4. The summed E-state index contributed by atoms with van der Waals surface area (Å²) in [6.07, 6.45) is -0.835. The molecule has 1 amide bonds. The van der Waals surface area contributed by atoms with Crippen molar-refractivity contribution in [2.24, 2.45) is 4.99 Å². The SMILES string of the molecule is O=C(NCc1ccc(C(F)(F)F)cc1)[C@]1(C/C=C/c2ccccc2)N=C(c2ccc(OCCCO)cc2)O[C@@H]1c1ccccc1Br. The lowest BCUT2D eigenvalue weighted by Crippen LogP contribution is -2.47. The molecule has 0 aliphatic carbocycles. The first kappa shape index (κ1) is 33.0. The second-order valence-corrected chi connectivity index (χ2v) is 11.6. The second kappa shape index (κ2) is 14.8. The van der Waals surface area contributed by atoms with E-state index in [0.717, 1.165) is 22.2 Å². The topological polar surface area (TPSA) is 80.2 Å². The molecule has 2 atom stereocenters. The van der Waals surface area contributed by atoms with Gasteiger partial charge in [0.15, 0.2) is 11.6 Å². The van der Waals surface area contributed by atoms with Crippen LogP contribution in [0.1, 0.15) is 46.8 Å². The molecule has 0 bridgehead atoms. The molecule has 0 unspecified atom stereocenters. The van der Waals surface area contributed by atoms with Gasteiger partial charge in [0.25, 0.3) is 5.91 Å². The molecule has 1 aliphatic heterocycles. The van der Waals surface area contributed by atoms with E-state index in [1.807, 2.05) is 66.7 Å². The Kier molecular flexibility index (Phi) is 10.6. The number of ether oxygens (including phenoxy) is 2. The summed E-state index contributed by atoms with van der Waals surface area (Å²) in [5.41, 5.74) is 0.572. The number of aliphatic imine (C=N–C) groups is 1. The van der Waals surface area contributed by atoms with E-state index in [1.54, 1.807) is 24.3 Å². The summed E-state index contributed by atoms with van der Waals surface area (Å²) < 4.78 is 52.2. The molecule has 238 valence electrons. The zero-order chi connectivity index (χ0) is 32.6. The van der Waals surface area contributed by atoms with Crippen molar-refractivity contribution in [1.82, 2.24) is 5.32 Å². The van der Waals surface area contributed by atoms with Gasteiger partial charge in [0, 0.05) is 41.6 Å². The van der Waals surface area contributed by atoms with Crippen LogP contribution in [0.15, 0.2) is 119 Å². The number of carbonyl (C=O) groups excluding carboxylic acids is 1. The van der Waals surface area contributed by atoms with Crippen molar-refractivity contribution in [3.63, 3.8) is 0 Å². The molecule has 0 saturated carbocycles. The summed E-state index contributed by atoms with van der Waals surface area (Å²) in [5, 5.41) is 12.0. The maximum absolute atomic E-state index is 14.3. The molecule has 46 heavy (non-hydrogen) atoms. The van der Waals surface area contributed by atoms with E-state index in [9.17, 15) is 18.0 Å². The van der Waals surface area contributed by atoms with Crippen molar-refractivity contribution in [3.05, 3.63) is 141 Å². The normalized spacial score (nSPS) is 17.8. The first-order valence-corrected chi connectivity index (χ1v) is 15.5. The minimum Gasteiger partial charge on any atom is -0.494 e. The fourth-order valence-electron chi connectivity index (χ4n) is 5.07. The summed E-state index contributed by atoms with van der Waals surface area (Å²) in [7, 11) is 0. The number of aliphatic hydroxyl groups excluding tert-OH is 1. The quantitative estimate of drug-likeness (QED) is 0.148. The Morgan fingerprint density at radius 1 is 0.978 bits per heavy atom. The lowest BCUT2D eigenvalue weighted by atomic mass is 9.84. The number of hydrogen-bond acceptors (Lipinski definition) is 5. The first-order chi connectivity index (χ1) is 22.2. The van der Waals surface area contributed by atoms with E-state index in [2.05, 4.69) is 21.2 Å². The number of hydrogen-bond donors (Lipinski definition) is 2. The van der Waals surface area contributed by atoms with E-state index in [-0.39, 0.29) is 25.5 Å². The van der Waals surface area contributed by atoms with E-state index >= 15 is 0 Å². The van der Waals surface area contributed by atoms with Crippen LogP contribution in [0.2, 0.25) is 0 Å². The molecule has 1 aliphatic rings. The molecule has 6 nitrogen and oxygen atoms in total.